The van der Waals surface area contributed by atoms with E-state index in [0.29, 0.717) is 19.2 Å². The minimum absolute atomic E-state index is 0.140. The summed E-state index contributed by atoms with van der Waals surface area (Å²) in [5, 5.41) is 25.9. The summed E-state index contributed by atoms with van der Waals surface area (Å²) in [4.78, 5) is 21.9. The van der Waals surface area contributed by atoms with Gasteiger partial charge in [-0.1, -0.05) is 0 Å². The lowest BCUT2D eigenvalue weighted by Gasteiger charge is -2.14. The van der Waals surface area contributed by atoms with Gasteiger partial charge in [-0.3, -0.25) is 14.9 Å². The second kappa shape index (κ2) is 5.93. The molecule has 1 aromatic rings. The minimum Gasteiger partial charge on any atom is -0.391 e. The molecule has 108 valence electrons. The largest absolute Gasteiger partial charge is 0.391 e. The number of benzene rings is 1. The summed E-state index contributed by atoms with van der Waals surface area (Å²) < 4.78 is 13.0. The fourth-order valence-electron chi connectivity index (χ4n) is 2.09. The number of carbonyl (C=O) groups is 1. The molecule has 1 amide bonds. The van der Waals surface area contributed by atoms with E-state index in [1.54, 1.807) is 0 Å². The zero-order valence-electron chi connectivity index (χ0n) is 10.5. The minimum atomic E-state index is -0.802. The number of β-amino-alcohol motifs (C(OH)–C–C–N with tert-alkyl or cyclic N) is 1. The molecule has 7 nitrogen and oxygen atoms in total. The summed E-state index contributed by atoms with van der Waals surface area (Å²) in [6, 6.07) is 2.78. The Morgan fingerprint density at radius 1 is 1.55 bits per heavy atom. The zero-order valence-corrected chi connectivity index (χ0v) is 10.5. The standard InChI is InChI=1S/C12H14FN3O4/c13-8-1-2-9(10(3-8)16(19)20)12(18)15-5-7-4-14-6-11(7)17/h1-3,7,11,14,17H,4-6H2,(H,15,18). The van der Waals surface area contributed by atoms with Crippen molar-refractivity contribution in [1.29, 1.82) is 0 Å². The van der Waals surface area contributed by atoms with Crippen LogP contribution in [-0.2, 0) is 0 Å². The number of nitro groups is 1. The number of rotatable bonds is 4. The van der Waals surface area contributed by atoms with Crippen LogP contribution in [0.15, 0.2) is 18.2 Å². The molecule has 1 heterocycles. The molecule has 20 heavy (non-hydrogen) atoms. The van der Waals surface area contributed by atoms with Crippen molar-refractivity contribution in [2.24, 2.45) is 5.92 Å². The van der Waals surface area contributed by atoms with E-state index in [1.807, 2.05) is 0 Å². The second-order valence-electron chi connectivity index (χ2n) is 4.61. The molecule has 2 unspecified atom stereocenters. The lowest BCUT2D eigenvalue weighted by atomic mass is 10.1. The van der Waals surface area contributed by atoms with Crippen LogP contribution in [0.1, 0.15) is 10.4 Å². The molecule has 0 spiro atoms. The van der Waals surface area contributed by atoms with E-state index in [0.717, 1.165) is 12.1 Å². The van der Waals surface area contributed by atoms with Crippen molar-refractivity contribution in [3.63, 3.8) is 0 Å². The van der Waals surface area contributed by atoms with E-state index in [1.165, 1.54) is 0 Å². The predicted molar refractivity (Wildman–Crippen MR) is 67.8 cm³/mol. The van der Waals surface area contributed by atoms with Crippen molar-refractivity contribution in [1.82, 2.24) is 10.6 Å². The van der Waals surface area contributed by atoms with Crippen molar-refractivity contribution in [3.8, 4) is 0 Å². The lowest BCUT2D eigenvalue weighted by molar-refractivity contribution is -0.385. The number of hydrogen-bond donors (Lipinski definition) is 3. The van der Waals surface area contributed by atoms with Crippen LogP contribution in [0.2, 0.25) is 0 Å². The van der Waals surface area contributed by atoms with E-state index >= 15 is 0 Å². The third-order valence-corrected chi connectivity index (χ3v) is 3.23. The maximum Gasteiger partial charge on any atom is 0.285 e. The SMILES string of the molecule is O=C(NCC1CNCC1O)c1ccc(F)cc1[N+](=O)[O-]. The molecule has 1 aromatic carbocycles. The molecule has 0 saturated carbocycles. The first kappa shape index (κ1) is 14.4. The number of nitro benzene ring substituents is 1. The van der Waals surface area contributed by atoms with Gasteiger partial charge < -0.3 is 15.7 Å². The Balaban J connectivity index is 2.07. The number of hydrogen-bond acceptors (Lipinski definition) is 5. The Morgan fingerprint density at radius 2 is 2.30 bits per heavy atom. The van der Waals surface area contributed by atoms with Gasteiger partial charge in [-0.05, 0) is 12.1 Å². The molecular weight excluding hydrogens is 269 g/mol. The van der Waals surface area contributed by atoms with Gasteiger partial charge in [-0.2, -0.15) is 0 Å². The van der Waals surface area contributed by atoms with Crippen LogP contribution in [-0.4, -0.2) is 41.7 Å². The highest BCUT2D eigenvalue weighted by molar-refractivity contribution is 5.98. The number of aliphatic hydroxyl groups excluding tert-OH is 1. The third-order valence-electron chi connectivity index (χ3n) is 3.23. The van der Waals surface area contributed by atoms with Gasteiger partial charge in [0.25, 0.3) is 11.6 Å². The quantitative estimate of drug-likeness (QED) is 0.535. The molecule has 1 saturated heterocycles. The molecule has 2 rings (SSSR count). The van der Waals surface area contributed by atoms with Gasteiger partial charge in [0.15, 0.2) is 0 Å². The van der Waals surface area contributed by atoms with E-state index in [2.05, 4.69) is 10.6 Å². The highest BCUT2D eigenvalue weighted by Crippen LogP contribution is 2.19. The summed E-state index contributed by atoms with van der Waals surface area (Å²) in [6.45, 7) is 1.21. The molecule has 1 aliphatic rings. The smallest absolute Gasteiger partial charge is 0.285 e. The Bertz CT molecular complexity index is 537. The lowest BCUT2D eigenvalue weighted by Crippen LogP contribution is -2.34. The normalized spacial score (nSPS) is 21.7. The molecular formula is C12H14FN3O4. The fraction of sp³-hybridized carbons (Fsp3) is 0.417. The van der Waals surface area contributed by atoms with Gasteiger partial charge in [0.1, 0.15) is 11.4 Å². The van der Waals surface area contributed by atoms with Crippen LogP contribution >= 0.6 is 0 Å². The van der Waals surface area contributed by atoms with Gasteiger partial charge in [0, 0.05) is 25.6 Å². The summed E-state index contributed by atoms with van der Waals surface area (Å²) in [5.41, 5.74) is -0.774. The molecule has 0 radical (unpaired) electrons. The highest BCUT2D eigenvalue weighted by atomic mass is 19.1. The molecule has 8 heteroatoms. The van der Waals surface area contributed by atoms with Crippen molar-refractivity contribution in [2.45, 2.75) is 6.10 Å². The number of nitrogens with one attached hydrogen (secondary N) is 2. The van der Waals surface area contributed by atoms with Crippen molar-refractivity contribution >= 4 is 11.6 Å². The van der Waals surface area contributed by atoms with E-state index in [4.69, 9.17) is 0 Å². The van der Waals surface area contributed by atoms with Crippen LogP contribution in [0.3, 0.4) is 0 Å². The second-order valence-corrected chi connectivity index (χ2v) is 4.61. The van der Waals surface area contributed by atoms with Crippen molar-refractivity contribution < 1.29 is 19.2 Å². The van der Waals surface area contributed by atoms with E-state index in [9.17, 15) is 24.4 Å². The number of carbonyl (C=O) groups excluding carboxylic acids is 1. The van der Waals surface area contributed by atoms with Crippen LogP contribution < -0.4 is 10.6 Å². The highest BCUT2D eigenvalue weighted by Gasteiger charge is 2.26. The maximum absolute atomic E-state index is 13.0. The summed E-state index contributed by atoms with van der Waals surface area (Å²) in [6.07, 6.45) is -0.557. The maximum atomic E-state index is 13.0. The summed E-state index contributed by atoms with van der Waals surface area (Å²) in [5.74, 6) is -1.57. The van der Waals surface area contributed by atoms with Crippen LogP contribution in [0.25, 0.3) is 0 Å². The van der Waals surface area contributed by atoms with Gasteiger partial charge in [0.2, 0.25) is 0 Å². The van der Waals surface area contributed by atoms with Gasteiger partial charge in [0.05, 0.1) is 17.1 Å². The Morgan fingerprint density at radius 3 is 2.90 bits per heavy atom. The van der Waals surface area contributed by atoms with E-state index < -0.39 is 28.4 Å². The molecule has 0 bridgehead atoms. The summed E-state index contributed by atoms with van der Waals surface area (Å²) >= 11 is 0. The molecule has 0 aliphatic carbocycles. The van der Waals surface area contributed by atoms with Crippen molar-refractivity contribution in [2.75, 3.05) is 19.6 Å². The average molecular weight is 283 g/mol. The number of nitrogens with zero attached hydrogens (tertiary/aromatic N) is 1. The zero-order chi connectivity index (χ0) is 14.7. The number of amides is 1. The Labute approximate surface area is 113 Å². The molecule has 2 atom stereocenters. The predicted octanol–water partition coefficient (Wildman–Crippen LogP) is 0.0440. The Hall–Kier alpha value is -2.06. The molecule has 1 fully saturated rings. The first-order chi connectivity index (χ1) is 9.49. The van der Waals surface area contributed by atoms with Crippen LogP contribution in [0.5, 0.6) is 0 Å². The van der Waals surface area contributed by atoms with Crippen LogP contribution in [0.4, 0.5) is 10.1 Å². The molecule has 1 aliphatic heterocycles. The third kappa shape index (κ3) is 3.09. The number of aliphatic hydroxyl groups is 1. The average Bonchev–Trinajstić information content (AvgIpc) is 2.81. The number of halogens is 1. The van der Waals surface area contributed by atoms with Crippen molar-refractivity contribution in [3.05, 3.63) is 39.7 Å². The van der Waals surface area contributed by atoms with Gasteiger partial charge in [-0.15, -0.1) is 0 Å². The first-order valence-corrected chi connectivity index (χ1v) is 6.10. The molecule has 3 N–H and O–H groups in total. The topological polar surface area (TPSA) is 104 Å². The monoisotopic (exact) mass is 283 g/mol. The first-order valence-electron chi connectivity index (χ1n) is 6.10. The van der Waals surface area contributed by atoms with E-state index in [-0.39, 0.29) is 18.0 Å². The van der Waals surface area contributed by atoms with Gasteiger partial charge >= 0.3 is 0 Å². The van der Waals surface area contributed by atoms with Crippen LogP contribution in [0, 0.1) is 21.8 Å². The molecule has 0 aromatic heterocycles. The summed E-state index contributed by atoms with van der Waals surface area (Å²) in [7, 11) is 0. The van der Waals surface area contributed by atoms with Gasteiger partial charge in [-0.25, -0.2) is 4.39 Å². The Kier molecular flexibility index (Phi) is 4.26. The fourth-order valence-corrected chi connectivity index (χ4v) is 2.09.